The Bertz CT molecular complexity index is 630. The Morgan fingerprint density at radius 2 is 1.95 bits per heavy atom. The third kappa shape index (κ3) is 3.39. The number of hydrogen-bond donors (Lipinski definition) is 2. The predicted molar refractivity (Wildman–Crippen MR) is 74.7 cm³/mol. The Morgan fingerprint density at radius 3 is 2.60 bits per heavy atom. The molecule has 20 heavy (non-hydrogen) atoms. The second kappa shape index (κ2) is 6.25. The van der Waals surface area contributed by atoms with E-state index in [1.165, 1.54) is 18.2 Å². The van der Waals surface area contributed by atoms with E-state index >= 15 is 0 Å². The molecule has 0 aromatic heterocycles. The molecule has 0 bridgehead atoms. The number of ether oxygens (including phenoxy) is 1. The van der Waals surface area contributed by atoms with E-state index in [9.17, 15) is 4.39 Å². The molecule has 2 aromatic rings. The molecule has 0 atom stereocenters. The Hall–Kier alpha value is -2.27. The highest BCUT2D eigenvalue weighted by molar-refractivity contribution is 6.31. The van der Waals surface area contributed by atoms with Gasteiger partial charge < -0.3 is 15.7 Å². The van der Waals surface area contributed by atoms with Crippen LogP contribution in [0.3, 0.4) is 0 Å². The van der Waals surface area contributed by atoms with Gasteiger partial charge in [0.2, 0.25) is 0 Å². The lowest BCUT2D eigenvalue weighted by Crippen LogP contribution is -2.12. The van der Waals surface area contributed by atoms with Gasteiger partial charge in [0.25, 0.3) is 0 Å². The molecule has 4 nitrogen and oxygen atoms in total. The van der Waals surface area contributed by atoms with Crippen LogP contribution >= 0.6 is 11.6 Å². The van der Waals surface area contributed by atoms with E-state index in [2.05, 4.69) is 5.16 Å². The summed E-state index contributed by atoms with van der Waals surface area (Å²) in [6, 6.07) is 10.7. The average Bonchev–Trinajstić information content (AvgIpc) is 2.48. The van der Waals surface area contributed by atoms with Crippen molar-refractivity contribution in [1.29, 1.82) is 0 Å². The molecule has 0 aliphatic carbocycles. The van der Waals surface area contributed by atoms with Crippen LogP contribution in [-0.4, -0.2) is 11.0 Å². The zero-order chi connectivity index (χ0) is 14.5. The fraction of sp³-hybridized carbons (Fsp3) is 0.0714. The van der Waals surface area contributed by atoms with Crippen LogP contribution in [0.1, 0.15) is 11.1 Å². The van der Waals surface area contributed by atoms with Gasteiger partial charge in [-0.3, -0.25) is 0 Å². The van der Waals surface area contributed by atoms with E-state index in [-0.39, 0.29) is 18.3 Å². The molecule has 0 heterocycles. The van der Waals surface area contributed by atoms with Crippen LogP contribution in [0.15, 0.2) is 47.6 Å². The molecule has 0 saturated heterocycles. The molecule has 0 amide bonds. The second-order valence-corrected chi connectivity index (χ2v) is 4.44. The van der Waals surface area contributed by atoms with Gasteiger partial charge in [0.15, 0.2) is 5.84 Å². The number of nitrogens with two attached hydrogens (primary N) is 1. The van der Waals surface area contributed by atoms with E-state index in [4.69, 9.17) is 27.3 Å². The van der Waals surface area contributed by atoms with Crippen molar-refractivity contribution in [2.24, 2.45) is 10.9 Å². The largest absolute Gasteiger partial charge is 0.489 e. The second-order valence-electron chi connectivity index (χ2n) is 4.03. The lowest BCUT2D eigenvalue weighted by atomic mass is 10.2. The molecule has 0 aliphatic heterocycles. The van der Waals surface area contributed by atoms with Crippen molar-refractivity contribution in [2.75, 3.05) is 0 Å². The quantitative estimate of drug-likeness (QED) is 0.394. The average molecular weight is 295 g/mol. The molecule has 0 unspecified atom stereocenters. The van der Waals surface area contributed by atoms with Crippen LogP contribution in [0, 0.1) is 5.82 Å². The van der Waals surface area contributed by atoms with Crippen LogP contribution in [0.5, 0.6) is 5.75 Å². The molecular formula is C14H12ClFN2O2. The SMILES string of the molecule is N/C(=N/O)c1ccc(OCc2cc(F)ccc2Cl)cc1. The summed E-state index contributed by atoms with van der Waals surface area (Å²) in [5.41, 5.74) is 6.58. The first-order chi connectivity index (χ1) is 9.60. The number of nitrogens with zero attached hydrogens (tertiary/aromatic N) is 1. The highest BCUT2D eigenvalue weighted by atomic mass is 35.5. The third-order valence-corrected chi connectivity index (χ3v) is 3.03. The molecule has 0 radical (unpaired) electrons. The molecule has 2 rings (SSSR count). The normalized spacial score (nSPS) is 11.4. The van der Waals surface area contributed by atoms with Crippen molar-refractivity contribution in [3.05, 3.63) is 64.4 Å². The lowest BCUT2D eigenvalue weighted by molar-refractivity contribution is 0.305. The fourth-order valence-electron chi connectivity index (χ4n) is 1.59. The van der Waals surface area contributed by atoms with Crippen molar-refractivity contribution >= 4 is 17.4 Å². The van der Waals surface area contributed by atoms with Crippen molar-refractivity contribution < 1.29 is 14.3 Å². The van der Waals surface area contributed by atoms with E-state index in [0.29, 0.717) is 21.9 Å². The topological polar surface area (TPSA) is 67.8 Å². The number of hydrogen-bond acceptors (Lipinski definition) is 3. The van der Waals surface area contributed by atoms with Gasteiger partial charge in [0.05, 0.1) is 0 Å². The maximum absolute atomic E-state index is 13.1. The highest BCUT2D eigenvalue weighted by Crippen LogP contribution is 2.20. The van der Waals surface area contributed by atoms with Crippen LogP contribution in [0.4, 0.5) is 4.39 Å². The van der Waals surface area contributed by atoms with Crippen LogP contribution in [0.2, 0.25) is 5.02 Å². The molecule has 104 valence electrons. The Labute approximate surface area is 120 Å². The number of amidine groups is 1. The zero-order valence-electron chi connectivity index (χ0n) is 10.4. The van der Waals surface area contributed by atoms with Crippen molar-refractivity contribution in [2.45, 2.75) is 6.61 Å². The molecule has 0 fully saturated rings. The minimum absolute atomic E-state index is 0.0183. The van der Waals surface area contributed by atoms with Gasteiger partial charge in [-0.2, -0.15) is 0 Å². The summed E-state index contributed by atoms with van der Waals surface area (Å²) in [5, 5.41) is 11.9. The van der Waals surface area contributed by atoms with E-state index in [1.54, 1.807) is 24.3 Å². The Balaban J connectivity index is 2.06. The first-order valence-corrected chi connectivity index (χ1v) is 6.12. The van der Waals surface area contributed by atoms with E-state index < -0.39 is 0 Å². The Kier molecular flexibility index (Phi) is 4.42. The van der Waals surface area contributed by atoms with Crippen LogP contribution in [-0.2, 0) is 6.61 Å². The molecule has 0 aliphatic rings. The van der Waals surface area contributed by atoms with Gasteiger partial charge in [0.1, 0.15) is 18.2 Å². The summed E-state index contributed by atoms with van der Waals surface area (Å²) < 4.78 is 18.6. The van der Waals surface area contributed by atoms with E-state index in [0.717, 1.165) is 0 Å². The summed E-state index contributed by atoms with van der Waals surface area (Å²) in [7, 11) is 0. The maximum atomic E-state index is 13.1. The number of benzene rings is 2. The molecule has 0 saturated carbocycles. The van der Waals surface area contributed by atoms with Crippen molar-refractivity contribution in [3.63, 3.8) is 0 Å². The van der Waals surface area contributed by atoms with Crippen molar-refractivity contribution in [1.82, 2.24) is 0 Å². The molecule has 2 aromatic carbocycles. The summed E-state index contributed by atoms with van der Waals surface area (Å²) in [6.07, 6.45) is 0. The van der Waals surface area contributed by atoms with Gasteiger partial charge in [-0.25, -0.2) is 4.39 Å². The zero-order valence-corrected chi connectivity index (χ0v) is 11.1. The summed E-state index contributed by atoms with van der Waals surface area (Å²) >= 11 is 5.94. The minimum Gasteiger partial charge on any atom is -0.489 e. The molecule has 3 N–H and O–H groups in total. The van der Waals surface area contributed by atoms with Gasteiger partial charge in [-0.15, -0.1) is 0 Å². The lowest BCUT2D eigenvalue weighted by Gasteiger charge is -2.08. The predicted octanol–water partition coefficient (Wildman–Crippen LogP) is 3.15. The third-order valence-electron chi connectivity index (χ3n) is 2.66. The monoisotopic (exact) mass is 294 g/mol. The van der Waals surface area contributed by atoms with Gasteiger partial charge in [-0.05, 0) is 42.5 Å². The number of halogens is 2. The highest BCUT2D eigenvalue weighted by Gasteiger charge is 2.04. The molecule has 0 spiro atoms. The first kappa shape index (κ1) is 14.1. The summed E-state index contributed by atoms with van der Waals surface area (Å²) in [6.45, 7) is 0.152. The van der Waals surface area contributed by atoms with Crippen LogP contribution < -0.4 is 10.5 Å². The summed E-state index contributed by atoms with van der Waals surface area (Å²) in [4.78, 5) is 0. The Morgan fingerprint density at radius 1 is 1.25 bits per heavy atom. The first-order valence-electron chi connectivity index (χ1n) is 5.75. The maximum Gasteiger partial charge on any atom is 0.170 e. The molecule has 6 heteroatoms. The van der Waals surface area contributed by atoms with Gasteiger partial charge in [-0.1, -0.05) is 16.8 Å². The van der Waals surface area contributed by atoms with Gasteiger partial charge in [0, 0.05) is 16.1 Å². The number of rotatable bonds is 4. The summed E-state index contributed by atoms with van der Waals surface area (Å²) in [5.74, 6) is 0.222. The minimum atomic E-state index is -0.365. The fourth-order valence-corrected chi connectivity index (χ4v) is 1.77. The smallest absolute Gasteiger partial charge is 0.170 e. The van der Waals surface area contributed by atoms with Gasteiger partial charge >= 0.3 is 0 Å². The standard InChI is InChI=1S/C14H12ClFN2O2/c15-13-6-3-11(16)7-10(13)8-20-12-4-1-9(2-5-12)14(17)18-19/h1-7,19H,8H2,(H2,17,18). The number of oxime groups is 1. The van der Waals surface area contributed by atoms with Crippen molar-refractivity contribution in [3.8, 4) is 5.75 Å². The van der Waals surface area contributed by atoms with E-state index in [1.807, 2.05) is 0 Å². The molecular weight excluding hydrogens is 283 g/mol. The van der Waals surface area contributed by atoms with Crippen LogP contribution in [0.25, 0.3) is 0 Å².